The van der Waals surface area contributed by atoms with Gasteiger partial charge in [0, 0.05) is 24.5 Å². The topological polar surface area (TPSA) is 125 Å². The molecule has 1 aliphatic carbocycles. The van der Waals surface area contributed by atoms with Gasteiger partial charge in [-0.25, -0.2) is 9.59 Å². The fraction of sp³-hybridized carbons (Fsp3) is 0.500. The Morgan fingerprint density at radius 3 is 2.26 bits per heavy atom. The number of carboxylic acids is 1. The van der Waals surface area contributed by atoms with Crippen LogP contribution in [-0.4, -0.2) is 59.1 Å². The Bertz CT molecular complexity index is 1220. The summed E-state index contributed by atoms with van der Waals surface area (Å²) >= 11 is 6.00. The number of rotatable bonds is 11. The molecule has 3 amide bonds. The van der Waals surface area contributed by atoms with Crippen molar-refractivity contribution in [1.29, 1.82) is 0 Å². The van der Waals surface area contributed by atoms with Crippen LogP contribution in [0.25, 0.3) is 0 Å². The zero-order chi connectivity index (χ0) is 29.9. The number of alkyl carbamates (subject to hydrolysis) is 1. The van der Waals surface area contributed by atoms with E-state index >= 15 is 0 Å². The van der Waals surface area contributed by atoms with Crippen molar-refractivity contribution >= 4 is 35.5 Å². The van der Waals surface area contributed by atoms with E-state index in [0.717, 1.165) is 44.9 Å². The Balaban J connectivity index is 1.33. The van der Waals surface area contributed by atoms with Gasteiger partial charge in [-0.3, -0.25) is 9.59 Å². The lowest BCUT2D eigenvalue weighted by Crippen LogP contribution is -2.52. The first kappa shape index (κ1) is 31.3. The van der Waals surface area contributed by atoms with E-state index in [1.165, 1.54) is 11.1 Å². The number of aliphatic carboxylic acids is 1. The predicted octanol–water partition coefficient (Wildman–Crippen LogP) is 4.88. The van der Waals surface area contributed by atoms with Gasteiger partial charge in [-0.1, -0.05) is 80.1 Å². The van der Waals surface area contributed by atoms with E-state index in [4.69, 9.17) is 16.3 Å². The summed E-state index contributed by atoms with van der Waals surface area (Å²) in [7, 11) is 0. The summed E-state index contributed by atoms with van der Waals surface area (Å²) in [5, 5.41) is 15.6. The van der Waals surface area contributed by atoms with Crippen molar-refractivity contribution in [2.75, 3.05) is 13.1 Å². The Hall–Kier alpha value is -3.59. The number of ether oxygens (including phenoxy) is 1. The fourth-order valence-corrected chi connectivity index (χ4v) is 6.03. The molecule has 1 aliphatic heterocycles. The molecule has 42 heavy (non-hydrogen) atoms. The van der Waals surface area contributed by atoms with Gasteiger partial charge in [0.05, 0.1) is 0 Å². The fourth-order valence-electron chi connectivity index (χ4n) is 5.82. The zero-order valence-electron chi connectivity index (χ0n) is 23.9. The van der Waals surface area contributed by atoms with Crippen LogP contribution in [0.5, 0.6) is 0 Å². The van der Waals surface area contributed by atoms with Crippen LogP contribution < -0.4 is 10.6 Å². The lowest BCUT2D eigenvalue weighted by Gasteiger charge is -2.27. The summed E-state index contributed by atoms with van der Waals surface area (Å²) in [5.41, 5.74) is 3.16. The average molecular weight is 598 g/mol. The van der Waals surface area contributed by atoms with Crippen LogP contribution in [0.2, 0.25) is 5.02 Å². The molecule has 2 aromatic rings. The van der Waals surface area contributed by atoms with Crippen LogP contribution in [0.15, 0.2) is 48.5 Å². The third-order valence-corrected chi connectivity index (χ3v) is 8.43. The molecule has 2 atom stereocenters. The molecule has 2 unspecified atom stereocenters. The minimum absolute atomic E-state index is 0.00398. The number of benzene rings is 2. The molecule has 2 aliphatic rings. The number of carbonyl (C=O) groups is 4. The van der Waals surface area contributed by atoms with Gasteiger partial charge in [-0.15, -0.1) is 0 Å². The molecule has 4 rings (SSSR count). The van der Waals surface area contributed by atoms with Gasteiger partial charge in [0.1, 0.15) is 18.7 Å². The number of halogens is 1. The van der Waals surface area contributed by atoms with E-state index in [1.54, 1.807) is 29.2 Å². The second-order valence-corrected chi connectivity index (χ2v) is 11.7. The number of carbonyl (C=O) groups excluding carboxylic acids is 3. The van der Waals surface area contributed by atoms with Gasteiger partial charge in [0.15, 0.2) is 0 Å². The first-order valence-electron chi connectivity index (χ1n) is 14.8. The van der Waals surface area contributed by atoms with Gasteiger partial charge >= 0.3 is 12.1 Å². The lowest BCUT2D eigenvalue weighted by molar-refractivity contribution is -0.142. The van der Waals surface area contributed by atoms with Crippen LogP contribution in [0, 0.1) is 5.92 Å². The van der Waals surface area contributed by atoms with Crippen molar-refractivity contribution in [3.8, 4) is 0 Å². The van der Waals surface area contributed by atoms with Crippen LogP contribution in [-0.2, 0) is 38.6 Å². The van der Waals surface area contributed by atoms with Gasteiger partial charge < -0.3 is 25.4 Å². The largest absolute Gasteiger partial charge is 0.480 e. The van der Waals surface area contributed by atoms with Gasteiger partial charge in [0.2, 0.25) is 11.8 Å². The first-order valence-corrected chi connectivity index (χ1v) is 15.2. The Kier molecular flexibility index (Phi) is 11.6. The van der Waals surface area contributed by atoms with Crippen LogP contribution in [0.3, 0.4) is 0 Å². The molecule has 1 saturated carbocycles. The van der Waals surface area contributed by atoms with Gasteiger partial charge in [-0.2, -0.15) is 0 Å². The molecule has 0 saturated heterocycles. The minimum atomic E-state index is -1.26. The third-order valence-electron chi connectivity index (χ3n) is 8.20. The molecular weight excluding hydrogens is 558 g/mol. The number of hydrogen-bond acceptors (Lipinski definition) is 5. The smallest absolute Gasteiger partial charge is 0.408 e. The second kappa shape index (κ2) is 15.6. The molecule has 0 spiro atoms. The Morgan fingerprint density at radius 1 is 0.929 bits per heavy atom. The molecule has 0 bridgehead atoms. The number of fused-ring (bicyclic) bond motifs is 1. The second-order valence-electron chi connectivity index (χ2n) is 11.2. The predicted molar refractivity (Wildman–Crippen MR) is 159 cm³/mol. The number of amides is 3. The van der Waals surface area contributed by atoms with E-state index in [0.29, 0.717) is 30.1 Å². The summed E-state index contributed by atoms with van der Waals surface area (Å²) in [6, 6.07) is 12.8. The molecular formula is C32H40ClN3O6. The summed E-state index contributed by atoms with van der Waals surface area (Å²) in [5.74, 6) is -1.71. The molecule has 10 heteroatoms. The summed E-state index contributed by atoms with van der Waals surface area (Å²) in [6.45, 7) is 1.13. The van der Waals surface area contributed by atoms with Crippen molar-refractivity contribution in [3.63, 3.8) is 0 Å². The molecule has 226 valence electrons. The molecule has 9 nitrogen and oxygen atoms in total. The number of hydrogen-bond donors (Lipinski definition) is 3. The highest BCUT2D eigenvalue weighted by molar-refractivity contribution is 6.30. The SMILES string of the molecule is O=C(NC(CC1CCCCC1)C(=O)NC(CCC(=O)N1CCc2ccccc2CC1)C(=O)O)OCc1cccc(Cl)c1. The molecule has 0 aromatic heterocycles. The van der Waals surface area contributed by atoms with Crippen molar-refractivity contribution in [3.05, 3.63) is 70.2 Å². The lowest BCUT2D eigenvalue weighted by atomic mass is 9.84. The van der Waals surface area contributed by atoms with Crippen molar-refractivity contribution in [1.82, 2.24) is 15.5 Å². The molecule has 2 aromatic carbocycles. The molecule has 1 fully saturated rings. The zero-order valence-corrected chi connectivity index (χ0v) is 24.6. The minimum Gasteiger partial charge on any atom is -0.480 e. The molecule has 1 heterocycles. The van der Waals surface area contributed by atoms with E-state index < -0.39 is 30.1 Å². The summed E-state index contributed by atoms with van der Waals surface area (Å²) < 4.78 is 5.33. The number of nitrogens with zero attached hydrogens (tertiary/aromatic N) is 1. The van der Waals surface area contributed by atoms with Gasteiger partial charge in [0.25, 0.3) is 0 Å². The molecule has 3 N–H and O–H groups in total. The highest BCUT2D eigenvalue weighted by Gasteiger charge is 2.30. The van der Waals surface area contributed by atoms with E-state index in [2.05, 4.69) is 22.8 Å². The molecule has 0 radical (unpaired) electrons. The van der Waals surface area contributed by atoms with Crippen molar-refractivity contribution < 1.29 is 29.0 Å². The summed E-state index contributed by atoms with van der Waals surface area (Å²) in [6.07, 6.45) is 6.22. The van der Waals surface area contributed by atoms with E-state index in [-0.39, 0.29) is 31.3 Å². The van der Waals surface area contributed by atoms with Crippen LogP contribution in [0.4, 0.5) is 4.79 Å². The third kappa shape index (κ3) is 9.48. The van der Waals surface area contributed by atoms with Crippen molar-refractivity contribution in [2.45, 2.75) is 82.9 Å². The maximum absolute atomic E-state index is 13.3. The average Bonchev–Trinajstić information content (AvgIpc) is 3.21. The highest BCUT2D eigenvalue weighted by Crippen LogP contribution is 2.27. The Morgan fingerprint density at radius 2 is 1.62 bits per heavy atom. The normalized spacial score (nSPS) is 16.8. The van der Waals surface area contributed by atoms with Crippen LogP contribution >= 0.6 is 11.6 Å². The maximum atomic E-state index is 13.3. The quantitative estimate of drug-likeness (QED) is 0.339. The van der Waals surface area contributed by atoms with Crippen LogP contribution in [0.1, 0.15) is 68.1 Å². The monoisotopic (exact) mass is 597 g/mol. The summed E-state index contributed by atoms with van der Waals surface area (Å²) in [4.78, 5) is 52.9. The number of carboxylic acid groups (broad SMARTS) is 1. The number of nitrogens with one attached hydrogen (secondary N) is 2. The van der Waals surface area contributed by atoms with Crippen molar-refractivity contribution in [2.24, 2.45) is 5.92 Å². The Labute approximate surface area is 251 Å². The standard InChI is InChI=1S/C32H40ClN3O6/c33-26-12-6-9-23(19-26)21-42-32(41)35-28(20-22-7-2-1-3-8-22)30(38)34-27(31(39)40)13-14-29(37)36-17-15-24-10-4-5-11-25(24)16-18-36/h4-6,9-12,19,22,27-28H,1-3,7-8,13-18,20-21H2,(H,34,38)(H,35,41)(H,39,40). The highest BCUT2D eigenvalue weighted by atomic mass is 35.5. The first-order chi connectivity index (χ1) is 20.3. The van der Waals surface area contributed by atoms with E-state index in [9.17, 15) is 24.3 Å². The van der Waals surface area contributed by atoms with E-state index in [1.807, 2.05) is 12.1 Å². The van der Waals surface area contributed by atoms with Gasteiger partial charge in [-0.05, 0) is 60.4 Å². The maximum Gasteiger partial charge on any atom is 0.408 e.